The SMILES string of the molecule is CN(C)C(=O)c1cc(NC(=O)CSc2ccccc2)cc(C(F)(F)F)c1. The Hall–Kier alpha value is -2.48. The molecule has 0 aliphatic rings. The molecule has 0 aliphatic heterocycles. The second-order valence-corrected chi connectivity index (χ2v) is 6.70. The van der Waals surface area contributed by atoms with Gasteiger partial charge in [-0.25, -0.2) is 0 Å². The molecule has 0 radical (unpaired) electrons. The van der Waals surface area contributed by atoms with Gasteiger partial charge in [0.15, 0.2) is 0 Å². The molecule has 0 fully saturated rings. The monoisotopic (exact) mass is 382 g/mol. The predicted molar refractivity (Wildman–Crippen MR) is 95.3 cm³/mol. The number of halogens is 3. The van der Waals surface area contributed by atoms with Gasteiger partial charge in [0, 0.05) is 30.2 Å². The molecule has 26 heavy (non-hydrogen) atoms. The Labute approximate surface area is 153 Å². The van der Waals surface area contributed by atoms with Crippen molar-refractivity contribution >= 4 is 29.3 Å². The van der Waals surface area contributed by atoms with E-state index in [9.17, 15) is 22.8 Å². The minimum Gasteiger partial charge on any atom is -0.345 e. The fraction of sp³-hybridized carbons (Fsp3) is 0.222. The van der Waals surface area contributed by atoms with Crippen molar-refractivity contribution in [3.63, 3.8) is 0 Å². The average molecular weight is 382 g/mol. The zero-order valence-electron chi connectivity index (χ0n) is 14.1. The van der Waals surface area contributed by atoms with Crippen molar-refractivity contribution in [3.8, 4) is 0 Å². The zero-order chi connectivity index (χ0) is 19.3. The lowest BCUT2D eigenvalue weighted by atomic mass is 10.1. The molecule has 0 aliphatic carbocycles. The molecule has 0 saturated heterocycles. The normalized spacial score (nSPS) is 11.1. The van der Waals surface area contributed by atoms with E-state index in [1.54, 1.807) is 0 Å². The van der Waals surface area contributed by atoms with Crippen LogP contribution in [0.5, 0.6) is 0 Å². The zero-order valence-corrected chi connectivity index (χ0v) is 14.9. The Balaban J connectivity index is 2.17. The number of rotatable bonds is 5. The molecule has 2 amide bonds. The third-order valence-electron chi connectivity index (χ3n) is 3.31. The molecule has 138 valence electrons. The minimum absolute atomic E-state index is 0.0389. The molecule has 2 rings (SSSR count). The summed E-state index contributed by atoms with van der Waals surface area (Å²) in [5.41, 5.74) is -1.20. The van der Waals surface area contributed by atoms with Gasteiger partial charge in [0.2, 0.25) is 5.91 Å². The van der Waals surface area contributed by atoms with E-state index in [4.69, 9.17) is 0 Å². The second kappa shape index (κ2) is 8.27. The standard InChI is InChI=1S/C18H17F3N2O2S/c1-23(2)17(25)12-8-13(18(19,20)21)10-14(9-12)22-16(24)11-26-15-6-4-3-5-7-15/h3-10H,11H2,1-2H3,(H,22,24). The number of alkyl halides is 3. The largest absolute Gasteiger partial charge is 0.416 e. The first-order valence-electron chi connectivity index (χ1n) is 7.58. The third kappa shape index (κ3) is 5.52. The molecule has 0 saturated carbocycles. The van der Waals surface area contributed by atoms with E-state index < -0.39 is 23.6 Å². The molecule has 0 spiro atoms. The minimum atomic E-state index is -4.62. The van der Waals surface area contributed by atoms with Crippen LogP contribution in [-0.4, -0.2) is 36.6 Å². The molecule has 2 aromatic rings. The molecule has 8 heteroatoms. The number of benzene rings is 2. The van der Waals surface area contributed by atoms with E-state index in [-0.39, 0.29) is 17.0 Å². The number of nitrogens with zero attached hydrogens (tertiary/aromatic N) is 1. The number of carbonyl (C=O) groups excluding carboxylic acids is 2. The van der Waals surface area contributed by atoms with Crippen LogP contribution in [0.25, 0.3) is 0 Å². The van der Waals surface area contributed by atoms with Gasteiger partial charge in [0.1, 0.15) is 0 Å². The van der Waals surface area contributed by atoms with E-state index in [0.29, 0.717) is 0 Å². The van der Waals surface area contributed by atoms with Gasteiger partial charge in [0.05, 0.1) is 11.3 Å². The van der Waals surface area contributed by atoms with Crippen LogP contribution >= 0.6 is 11.8 Å². The summed E-state index contributed by atoms with van der Waals surface area (Å²) in [6, 6.07) is 12.0. The highest BCUT2D eigenvalue weighted by Gasteiger charge is 2.32. The van der Waals surface area contributed by atoms with Crippen LogP contribution in [0.2, 0.25) is 0 Å². The van der Waals surface area contributed by atoms with Crippen LogP contribution in [0, 0.1) is 0 Å². The van der Waals surface area contributed by atoms with Crippen molar-refractivity contribution in [2.75, 3.05) is 25.2 Å². The van der Waals surface area contributed by atoms with Crippen molar-refractivity contribution in [1.29, 1.82) is 0 Å². The highest BCUT2D eigenvalue weighted by Crippen LogP contribution is 2.32. The number of nitrogens with one attached hydrogen (secondary N) is 1. The van der Waals surface area contributed by atoms with Gasteiger partial charge in [-0.15, -0.1) is 11.8 Å². The third-order valence-corrected chi connectivity index (χ3v) is 4.32. The number of thioether (sulfide) groups is 1. The summed E-state index contributed by atoms with van der Waals surface area (Å²) in [6.45, 7) is 0. The Morgan fingerprint density at radius 1 is 1.08 bits per heavy atom. The molecule has 0 atom stereocenters. The summed E-state index contributed by atoms with van der Waals surface area (Å²) < 4.78 is 39.2. The fourth-order valence-corrected chi connectivity index (χ4v) is 2.83. The summed E-state index contributed by atoms with van der Waals surface area (Å²) in [4.78, 5) is 26.1. The number of hydrogen-bond acceptors (Lipinski definition) is 3. The molecule has 0 heterocycles. The van der Waals surface area contributed by atoms with Crippen LogP contribution in [0.4, 0.5) is 18.9 Å². The average Bonchev–Trinajstić information content (AvgIpc) is 2.59. The van der Waals surface area contributed by atoms with E-state index >= 15 is 0 Å². The summed E-state index contributed by atoms with van der Waals surface area (Å²) in [5.74, 6) is -0.997. The first-order chi connectivity index (χ1) is 12.2. The van der Waals surface area contributed by atoms with Gasteiger partial charge < -0.3 is 10.2 Å². The molecule has 0 unspecified atom stereocenters. The first kappa shape index (κ1) is 19.8. The topological polar surface area (TPSA) is 49.4 Å². The molecule has 4 nitrogen and oxygen atoms in total. The van der Waals surface area contributed by atoms with Crippen LogP contribution in [-0.2, 0) is 11.0 Å². The lowest BCUT2D eigenvalue weighted by Gasteiger charge is -2.15. The lowest BCUT2D eigenvalue weighted by Crippen LogP contribution is -2.23. The number of anilines is 1. The van der Waals surface area contributed by atoms with Crippen molar-refractivity contribution in [2.24, 2.45) is 0 Å². The van der Waals surface area contributed by atoms with E-state index in [1.807, 2.05) is 30.3 Å². The van der Waals surface area contributed by atoms with Gasteiger partial charge in [-0.2, -0.15) is 13.2 Å². The van der Waals surface area contributed by atoms with Gasteiger partial charge in [-0.05, 0) is 30.3 Å². The van der Waals surface area contributed by atoms with Gasteiger partial charge in [-0.1, -0.05) is 18.2 Å². The number of carbonyl (C=O) groups is 2. The maximum atomic E-state index is 13.1. The smallest absolute Gasteiger partial charge is 0.345 e. The van der Waals surface area contributed by atoms with Crippen LogP contribution < -0.4 is 5.32 Å². The Morgan fingerprint density at radius 2 is 1.73 bits per heavy atom. The molecular weight excluding hydrogens is 365 g/mol. The van der Waals surface area contributed by atoms with Crippen molar-refractivity contribution < 1.29 is 22.8 Å². The lowest BCUT2D eigenvalue weighted by molar-refractivity contribution is -0.137. The van der Waals surface area contributed by atoms with Crippen LogP contribution in [0.1, 0.15) is 15.9 Å². The van der Waals surface area contributed by atoms with Crippen molar-refractivity contribution in [3.05, 3.63) is 59.7 Å². The van der Waals surface area contributed by atoms with Crippen molar-refractivity contribution in [1.82, 2.24) is 4.90 Å². The summed E-state index contributed by atoms with van der Waals surface area (Å²) in [7, 11) is 2.88. The van der Waals surface area contributed by atoms with Crippen LogP contribution in [0.3, 0.4) is 0 Å². The van der Waals surface area contributed by atoms with Gasteiger partial charge in [0.25, 0.3) is 5.91 Å². The summed E-state index contributed by atoms with van der Waals surface area (Å²) >= 11 is 1.26. The first-order valence-corrected chi connectivity index (χ1v) is 8.57. The molecular formula is C18H17F3N2O2S. The van der Waals surface area contributed by atoms with E-state index in [0.717, 1.165) is 17.0 Å². The van der Waals surface area contributed by atoms with Crippen LogP contribution in [0.15, 0.2) is 53.4 Å². The molecule has 2 aromatic carbocycles. The maximum absolute atomic E-state index is 13.1. The number of hydrogen-bond donors (Lipinski definition) is 1. The van der Waals surface area contributed by atoms with E-state index in [1.165, 1.54) is 36.8 Å². The number of amides is 2. The molecule has 0 bridgehead atoms. The Morgan fingerprint density at radius 3 is 2.31 bits per heavy atom. The second-order valence-electron chi connectivity index (χ2n) is 5.65. The summed E-state index contributed by atoms with van der Waals surface area (Å²) in [5, 5.41) is 2.43. The fourth-order valence-electron chi connectivity index (χ4n) is 2.11. The van der Waals surface area contributed by atoms with Gasteiger partial charge >= 0.3 is 6.18 Å². The Bertz CT molecular complexity index is 793. The molecule has 1 N–H and O–H groups in total. The molecule has 0 aromatic heterocycles. The highest BCUT2D eigenvalue weighted by atomic mass is 32.2. The van der Waals surface area contributed by atoms with E-state index in [2.05, 4.69) is 5.32 Å². The van der Waals surface area contributed by atoms with Crippen molar-refractivity contribution in [2.45, 2.75) is 11.1 Å². The predicted octanol–water partition coefficient (Wildman–Crippen LogP) is 4.14. The Kier molecular flexibility index (Phi) is 6.31. The summed E-state index contributed by atoms with van der Waals surface area (Å²) in [6.07, 6.45) is -4.62. The highest BCUT2D eigenvalue weighted by molar-refractivity contribution is 8.00. The quantitative estimate of drug-likeness (QED) is 0.791. The van der Waals surface area contributed by atoms with Gasteiger partial charge in [-0.3, -0.25) is 9.59 Å². The maximum Gasteiger partial charge on any atom is 0.416 e.